The fraction of sp³-hybridized carbons (Fsp3) is 0.333. The van der Waals surface area contributed by atoms with Crippen molar-refractivity contribution in [3.8, 4) is 11.8 Å². The summed E-state index contributed by atoms with van der Waals surface area (Å²) in [6.45, 7) is 8.43. The normalized spacial score (nSPS) is 11.7. The first-order chi connectivity index (χ1) is 14.8. The summed E-state index contributed by atoms with van der Waals surface area (Å²) in [6, 6.07) is 7.54. The van der Waals surface area contributed by atoms with Gasteiger partial charge in [0.05, 0.1) is 11.3 Å². The van der Waals surface area contributed by atoms with Crippen LogP contribution >= 0.6 is 34.7 Å². The van der Waals surface area contributed by atoms with Crippen molar-refractivity contribution in [2.75, 3.05) is 11.1 Å². The maximum atomic E-state index is 12.3. The van der Waals surface area contributed by atoms with Gasteiger partial charge in [0.15, 0.2) is 17.1 Å². The number of thiophene rings is 1. The summed E-state index contributed by atoms with van der Waals surface area (Å²) in [4.78, 5) is 12.3. The van der Waals surface area contributed by atoms with Crippen LogP contribution in [0, 0.1) is 25.2 Å². The SMILES string of the molecule is CCn1c(SCC(=O)Nc2sccc2C#N)nnc1C(C)Oc1cc(C)c(Cl)c(C)c1. The van der Waals surface area contributed by atoms with E-state index in [-0.39, 0.29) is 17.8 Å². The molecule has 0 aliphatic carbocycles. The van der Waals surface area contributed by atoms with Crippen LogP contribution in [-0.2, 0) is 11.3 Å². The molecule has 2 heterocycles. The van der Waals surface area contributed by atoms with Gasteiger partial charge in [-0.3, -0.25) is 4.79 Å². The van der Waals surface area contributed by atoms with Crippen molar-refractivity contribution in [3.63, 3.8) is 0 Å². The molecule has 1 unspecified atom stereocenters. The molecule has 2 aromatic heterocycles. The minimum Gasteiger partial charge on any atom is -0.483 e. The Kier molecular flexibility index (Phi) is 7.59. The fourth-order valence-corrected chi connectivity index (χ4v) is 4.69. The van der Waals surface area contributed by atoms with Crippen molar-refractivity contribution >= 4 is 45.6 Å². The Labute approximate surface area is 194 Å². The molecule has 0 saturated carbocycles. The molecule has 1 amide bonds. The van der Waals surface area contributed by atoms with Crippen LogP contribution in [0.4, 0.5) is 5.00 Å². The number of nitriles is 1. The Morgan fingerprint density at radius 3 is 2.74 bits per heavy atom. The number of amides is 1. The molecule has 1 aromatic carbocycles. The standard InChI is InChI=1S/C21H22ClN5O2S2/c1-5-27-19(14(4)29-16-8-12(2)18(22)13(3)9-16)25-26-21(27)31-11-17(28)24-20-15(10-23)6-7-30-20/h6-9,14H,5,11H2,1-4H3,(H,24,28). The number of nitrogens with zero attached hydrogens (tertiary/aromatic N) is 4. The summed E-state index contributed by atoms with van der Waals surface area (Å²) >= 11 is 8.86. The van der Waals surface area contributed by atoms with Gasteiger partial charge in [-0.15, -0.1) is 21.5 Å². The van der Waals surface area contributed by atoms with E-state index in [2.05, 4.69) is 21.6 Å². The Hall–Kier alpha value is -2.54. The summed E-state index contributed by atoms with van der Waals surface area (Å²) in [5.41, 5.74) is 2.36. The molecule has 3 rings (SSSR count). The molecular weight excluding hydrogens is 454 g/mol. The first kappa shape index (κ1) is 23.1. The average molecular weight is 476 g/mol. The number of benzene rings is 1. The molecule has 7 nitrogen and oxygen atoms in total. The number of hydrogen-bond donors (Lipinski definition) is 1. The van der Waals surface area contributed by atoms with Gasteiger partial charge in [-0.1, -0.05) is 23.4 Å². The molecular formula is C21H22ClN5O2S2. The van der Waals surface area contributed by atoms with Gasteiger partial charge in [0, 0.05) is 11.6 Å². The van der Waals surface area contributed by atoms with E-state index >= 15 is 0 Å². The highest BCUT2D eigenvalue weighted by atomic mass is 35.5. The first-order valence-corrected chi connectivity index (χ1v) is 11.8. The second kappa shape index (κ2) is 10.2. The number of anilines is 1. The lowest BCUT2D eigenvalue weighted by atomic mass is 10.1. The predicted octanol–water partition coefficient (Wildman–Crippen LogP) is 5.37. The Bertz CT molecular complexity index is 1110. The molecule has 0 spiro atoms. The third-order valence-electron chi connectivity index (χ3n) is 4.52. The summed E-state index contributed by atoms with van der Waals surface area (Å²) in [5.74, 6) is 1.36. The number of halogens is 1. The molecule has 0 radical (unpaired) electrons. The largest absolute Gasteiger partial charge is 0.483 e. The molecule has 1 atom stereocenters. The zero-order valence-electron chi connectivity index (χ0n) is 17.6. The van der Waals surface area contributed by atoms with Gasteiger partial charge in [-0.2, -0.15) is 5.26 Å². The highest BCUT2D eigenvalue weighted by Gasteiger charge is 2.20. The van der Waals surface area contributed by atoms with Crippen LogP contribution < -0.4 is 10.1 Å². The maximum Gasteiger partial charge on any atom is 0.235 e. The van der Waals surface area contributed by atoms with Crippen LogP contribution in [0.2, 0.25) is 5.02 Å². The molecule has 10 heteroatoms. The van der Waals surface area contributed by atoms with Crippen molar-refractivity contribution in [3.05, 3.63) is 51.1 Å². The molecule has 3 aromatic rings. The number of ether oxygens (including phenoxy) is 1. The zero-order valence-corrected chi connectivity index (χ0v) is 20.0. The molecule has 0 saturated heterocycles. The van der Waals surface area contributed by atoms with Crippen molar-refractivity contribution in [2.45, 2.75) is 45.5 Å². The number of carbonyl (C=O) groups excluding carboxylic acids is 1. The summed E-state index contributed by atoms with van der Waals surface area (Å²) in [7, 11) is 0. The lowest BCUT2D eigenvalue weighted by Gasteiger charge is -2.17. The molecule has 1 N–H and O–H groups in total. The van der Waals surface area contributed by atoms with Crippen molar-refractivity contribution in [1.29, 1.82) is 5.26 Å². The third-order valence-corrected chi connectivity index (χ3v) is 6.91. The zero-order chi connectivity index (χ0) is 22.5. The van der Waals surface area contributed by atoms with E-state index < -0.39 is 0 Å². The Morgan fingerprint density at radius 2 is 2.10 bits per heavy atom. The van der Waals surface area contributed by atoms with E-state index in [1.54, 1.807) is 11.4 Å². The van der Waals surface area contributed by atoms with E-state index in [9.17, 15) is 4.79 Å². The molecule has 0 fully saturated rings. The minimum atomic E-state index is -0.333. The average Bonchev–Trinajstić information content (AvgIpc) is 3.36. The quantitative estimate of drug-likeness (QED) is 0.440. The van der Waals surface area contributed by atoms with Gasteiger partial charge in [-0.25, -0.2) is 0 Å². The summed E-state index contributed by atoms with van der Waals surface area (Å²) in [6.07, 6.45) is -0.333. The van der Waals surface area contributed by atoms with E-state index in [1.165, 1.54) is 23.1 Å². The van der Waals surface area contributed by atoms with Crippen LogP contribution in [0.3, 0.4) is 0 Å². The lowest BCUT2D eigenvalue weighted by molar-refractivity contribution is -0.113. The van der Waals surface area contributed by atoms with Crippen LogP contribution in [0.15, 0.2) is 28.7 Å². The van der Waals surface area contributed by atoms with Crippen LogP contribution in [0.5, 0.6) is 5.75 Å². The van der Waals surface area contributed by atoms with Crippen LogP contribution in [-0.4, -0.2) is 26.4 Å². The number of rotatable bonds is 8. The minimum absolute atomic E-state index is 0.158. The lowest BCUT2D eigenvalue weighted by Crippen LogP contribution is -2.15. The van der Waals surface area contributed by atoms with Gasteiger partial charge in [0.2, 0.25) is 5.91 Å². The van der Waals surface area contributed by atoms with E-state index in [0.29, 0.717) is 28.1 Å². The van der Waals surface area contributed by atoms with E-state index in [1.807, 2.05) is 44.4 Å². The van der Waals surface area contributed by atoms with Gasteiger partial charge in [0.25, 0.3) is 0 Å². The van der Waals surface area contributed by atoms with Crippen LogP contribution in [0.25, 0.3) is 0 Å². The molecule has 0 aliphatic heterocycles. The monoisotopic (exact) mass is 475 g/mol. The fourth-order valence-electron chi connectivity index (χ4n) is 3.02. The van der Waals surface area contributed by atoms with Gasteiger partial charge in [0.1, 0.15) is 16.8 Å². The number of carbonyl (C=O) groups is 1. The molecule has 0 aliphatic rings. The van der Waals surface area contributed by atoms with Crippen molar-refractivity contribution in [1.82, 2.24) is 14.8 Å². The van der Waals surface area contributed by atoms with Gasteiger partial charge < -0.3 is 14.6 Å². The van der Waals surface area contributed by atoms with E-state index in [0.717, 1.165) is 21.9 Å². The first-order valence-electron chi connectivity index (χ1n) is 9.60. The Morgan fingerprint density at radius 1 is 1.39 bits per heavy atom. The highest BCUT2D eigenvalue weighted by molar-refractivity contribution is 7.99. The maximum absolute atomic E-state index is 12.3. The summed E-state index contributed by atoms with van der Waals surface area (Å²) < 4.78 is 8.03. The number of nitrogens with one attached hydrogen (secondary N) is 1. The Balaban J connectivity index is 1.67. The van der Waals surface area contributed by atoms with Gasteiger partial charge >= 0.3 is 0 Å². The molecule has 162 valence electrons. The van der Waals surface area contributed by atoms with Gasteiger partial charge in [-0.05, 0) is 62.4 Å². The van der Waals surface area contributed by atoms with E-state index in [4.69, 9.17) is 21.6 Å². The molecule has 31 heavy (non-hydrogen) atoms. The topological polar surface area (TPSA) is 92.8 Å². The van der Waals surface area contributed by atoms with Crippen LogP contribution in [0.1, 0.15) is 42.5 Å². The molecule has 0 bridgehead atoms. The summed E-state index contributed by atoms with van der Waals surface area (Å²) in [5, 5.41) is 24.1. The number of aromatic nitrogens is 3. The number of hydrogen-bond acceptors (Lipinski definition) is 7. The second-order valence-electron chi connectivity index (χ2n) is 6.83. The predicted molar refractivity (Wildman–Crippen MR) is 124 cm³/mol. The second-order valence-corrected chi connectivity index (χ2v) is 9.06. The number of thioether (sulfide) groups is 1. The highest BCUT2D eigenvalue weighted by Crippen LogP contribution is 2.30. The third kappa shape index (κ3) is 5.39. The van der Waals surface area contributed by atoms with Crippen molar-refractivity contribution < 1.29 is 9.53 Å². The smallest absolute Gasteiger partial charge is 0.235 e. The van der Waals surface area contributed by atoms with Crippen molar-refractivity contribution in [2.24, 2.45) is 0 Å². The number of aryl methyl sites for hydroxylation is 2.